The van der Waals surface area contributed by atoms with Crippen LogP contribution in [0.1, 0.15) is 31.2 Å². The predicted octanol–water partition coefficient (Wildman–Crippen LogP) is 2.21. The summed E-state index contributed by atoms with van der Waals surface area (Å²) in [5.74, 6) is 0. The summed E-state index contributed by atoms with van der Waals surface area (Å²) in [4.78, 5) is 0.177. The smallest absolute Gasteiger partial charge is 0.242 e. The molecule has 2 aliphatic heterocycles. The van der Waals surface area contributed by atoms with E-state index in [-0.39, 0.29) is 16.0 Å². The topological polar surface area (TPSA) is 58.2 Å². The fourth-order valence-electron chi connectivity index (χ4n) is 3.26. The van der Waals surface area contributed by atoms with Crippen molar-refractivity contribution in [3.63, 3.8) is 0 Å². The third-order valence-electron chi connectivity index (χ3n) is 4.17. The maximum absolute atomic E-state index is 12.5. The highest BCUT2D eigenvalue weighted by Crippen LogP contribution is 2.29. The molecule has 2 unspecified atom stereocenters. The van der Waals surface area contributed by atoms with Gasteiger partial charge in [0.15, 0.2) is 0 Å². The normalized spacial score (nSPS) is 29.6. The molecule has 0 spiro atoms. The summed E-state index contributed by atoms with van der Waals surface area (Å²) >= 11 is 6.07. The van der Waals surface area contributed by atoms with Crippen molar-refractivity contribution < 1.29 is 8.42 Å². The zero-order chi connectivity index (χ0) is 14.3. The van der Waals surface area contributed by atoms with Gasteiger partial charge in [0.25, 0.3) is 0 Å². The minimum atomic E-state index is -3.54. The number of nitrogens with one attached hydrogen (secondary N) is 2. The van der Waals surface area contributed by atoms with Crippen molar-refractivity contribution >= 4 is 21.6 Å². The van der Waals surface area contributed by atoms with Crippen LogP contribution in [0.15, 0.2) is 23.1 Å². The number of rotatable bonds is 3. The van der Waals surface area contributed by atoms with Crippen molar-refractivity contribution in [2.75, 3.05) is 0 Å². The number of benzene rings is 1. The zero-order valence-electron chi connectivity index (χ0n) is 11.4. The molecule has 2 aliphatic rings. The van der Waals surface area contributed by atoms with Crippen LogP contribution in [0.4, 0.5) is 0 Å². The molecule has 6 heteroatoms. The summed E-state index contributed by atoms with van der Waals surface area (Å²) in [6, 6.07) is 5.95. The Morgan fingerprint density at radius 3 is 2.50 bits per heavy atom. The highest BCUT2D eigenvalue weighted by molar-refractivity contribution is 7.89. The minimum Gasteiger partial charge on any atom is -0.311 e. The molecule has 2 N–H and O–H groups in total. The fourth-order valence-corrected chi connectivity index (χ4v) is 5.12. The maximum Gasteiger partial charge on any atom is 0.242 e. The first-order valence-electron chi connectivity index (χ1n) is 6.98. The summed E-state index contributed by atoms with van der Waals surface area (Å²) < 4.78 is 27.7. The molecule has 2 atom stereocenters. The van der Waals surface area contributed by atoms with Gasteiger partial charge in [-0.3, -0.25) is 0 Å². The number of aryl methyl sites for hydroxylation is 1. The van der Waals surface area contributed by atoms with E-state index in [1.807, 2.05) is 6.92 Å². The molecule has 1 aromatic carbocycles. The van der Waals surface area contributed by atoms with Crippen molar-refractivity contribution in [2.24, 2.45) is 0 Å². The average Bonchev–Trinajstić information content (AvgIpc) is 2.67. The molecule has 2 saturated heterocycles. The SMILES string of the molecule is Cc1ccc(S(=O)(=O)NC2CC3CCC(C2)N3)c(Cl)c1. The molecule has 110 valence electrons. The molecule has 2 bridgehead atoms. The lowest BCUT2D eigenvalue weighted by molar-refractivity contribution is 0.345. The molecule has 3 rings (SSSR count). The monoisotopic (exact) mass is 314 g/mol. The van der Waals surface area contributed by atoms with Crippen molar-refractivity contribution in [2.45, 2.75) is 55.6 Å². The van der Waals surface area contributed by atoms with Gasteiger partial charge in [-0.2, -0.15) is 0 Å². The highest BCUT2D eigenvalue weighted by atomic mass is 35.5. The predicted molar refractivity (Wildman–Crippen MR) is 79.5 cm³/mol. The maximum atomic E-state index is 12.5. The number of hydrogen-bond acceptors (Lipinski definition) is 3. The average molecular weight is 315 g/mol. The van der Waals surface area contributed by atoms with Gasteiger partial charge in [0.05, 0.1) is 5.02 Å². The first-order valence-corrected chi connectivity index (χ1v) is 8.85. The van der Waals surface area contributed by atoms with E-state index in [4.69, 9.17) is 11.6 Å². The summed E-state index contributed by atoms with van der Waals surface area (Å²) in [6.07, 6.45) is 4.01. The van der Waals surface area contributed by atoms with Gasteiger partial charge in [0.1, 0.15) is 4.90 Å². The Morgan fingerprint density at radius 1 is 1.25 bits per heavy atom. The van der Waals surface area contributed by atoms with Crippen LogP contribution in [0.2, 0.25) is 5.02 Å². The summed E-state index contributed by atoms with van der Waals surface area (Å²) in [5, 5.41) is 3.79. The van der Waals surface area contributed by atoms with E-state index in [1.165, 1.54) is 0 Å². The molecule has 4 nitrogen and oxygen atoms in total. The second-order valence-corrected chi connectivity index (χ2v) is 7.95. The minimum absolute atomic E-state index is 0.0103. The van der Waals surface area contributed by atoms with Gasteiger partial charge in [0.2, 0.25) is 10.0 Å². The van der Waals surface area contributed by atoms with E-state index < -0.39 is 10.0 Å². The molecule has 0 amide bonds. The van der Waals surface area contributed by atoms with Crippen molar-refractivity contribution in [1.82, 2.24) is 10.0 Å². The number of hydrogen-bond donors (Lipinski definition) is 2. The first-order chi connectivity index (χ1) is 9.44. The summed E-state index contributed by atoms with van der Waals surface area (Å²) in [6.45, 7) is 1.89. The van der Waals surface area contributed by atoms with Crippen LogP contribution in [-0.4, -0.2) is 26.5 Å². The standard InChI is InChI=1S/C14H19ClN2O2S/c1-9-2-5-14(13(15)6-9)20(18,19)17-12-7-10-3-4-11(8-12)16-10/h2,5-6,10-12,16-17H,3-4,7-8H2,1H3. The van der Waals surface area contributed by atoms with Crippen molar-refractivity contribution in [1.29, 1.82) is 0 Å². The number of fused-ring (bicyclic) bond motifs is 2. The van der Waals surface area contributed by atoms with Gasteiger partial charge in [-0.05, 0) is 50.3 Å². The molecule has 0 aliphatic carbocycles. The molecule has 1 aromatic rings. The summed E-state index contributed by atoms with van der Waals surface area (Å²) in [7, 11) is -3.54. The van der Waals surface area contributed by atoms with E-state index in [0.29, 0.717) is 12.1 Å². The third-order valence-corrected chi connectivity index (χ3v) is 6.18. The first kappa shape index (κ1) is 14.3. The number of piperidine rings is 1. The molecule has 0 radical (unpaired) electrons. The van der Waals surface area contributed by atoms with Crippen LogP contribution in [-0.2, 0) is 10.0 Å². The molecular weight excluding hydrogens is 296 g/mol. The van der Waals surface area contributed by atoms with Crippen LogP contribution in [0.5, 0.6) is 0 Å². The fraction of sp³-hybridized carbons (Fsp3) is 0.571. The van der Waals surface area contributed by atoms with Gasteiger partial charge < -0.3 is 5.32 Å². The van der Waals surface area contributed by atoms with Gasteiger partial charge in [-0.25, -0.2) is 13.1 Å². The lowest BCUT2D eigenvalue weighted by Crippen LogP contribution is -2.47. The highest BCUT2D eigenvalue weighted by Gasteiger charge is 2.35. The molecule has 20 heavy (non-hydrogen) atoms. The number of halogens is 1. The molecule has 2 fully saturated rings. The Labute approximate surface area is 125 Å². The van der Waals surface area contributed by atoms with Crippen molar-refractivity contribution in [3.8, 4) is 0 Å². The largest absolute Gasteiger partial charge is 0.311 e. The Balaban J connectivity index is 1.78. The van der Waals surface area contributed by atoms with Gasteiger partial charge in [-0.1, -0.05) is 17.7 Å². The van der Waals surface area contributed by atoms with Crippen LogP contribution >= 0.6 is 11.6 Å². The molecule has 0 aromatic heterocycles. The third kappa shape index (κ3) is 2.86. The Bertz CT molecular complexity index is 606. The zero-order valence-corrected chi connectivity index (χ0v) is 13.0. The number of sulfonamides is 1. The Kier molecular flexibility index (Phi) is 3.79. The van der Waals surface area contributed by atoms with Crippen LogP contribution in [0, 0.1) is 6.92 Å². The van der Waals surface area contributed by atoms with Crippen LogP contribution in [0.3, 0.4) is 0 Å². The van der Waals surface area contributed by atoms with E-state index in [0.717, 1.165) is 31.2 Å². The van der Waals surface area contributed by atoms with Crippen LogP contribution < -0.4 is 10.0 Å². The van der Waals surface area contributed by atoms with E-state index in [1.54, 1.807) is 18.2 Å². The lowest BCUT2D eigenvalue weighted by Gasteiger charge is -2.29. The van der Waals surface area contributed by atoms with E-state index >= 15 is 0 Å². The second-order valence-electron chi connectivity index (χ2n) is 5.86. The van der Waals surface area contributed by atoms with Crippen molar-refractivity contribution in [3.05, 3.63) is 28.8 Å². The molecular formula is C14H19ClN2O2S. The molecule has 0 saturated carbocycles. The Hall–Kier alpha value is -0.620. The van der Waals surface area contributed by atoms with Gasteiger partial charge >= 0.3 is 0 Å². The van der Waals surface area contributed by atoms with E-state index in [2.05, 4.69) is 10.0 Å². The molecule has 2 heterocycles. The Morgan fingerprint density at radius 2 is 1.90 bits per heavy atom. The van der Waals surface area contributed by atoms with Gasteiger partial charge in [0, 0.05) is 18.1 Å². The lowest BCUT2D eigenvalue weighted by atomic mass is 10.0. The van der Waals surface area contributed by atoms with Gasteiger partial charge in [-0.15, -0.1) is 0 Å². The second kappa shape index (κ2) is 5.30. The van der Waals surface area contributed by atoms with Crippen LogP contribution in [0.25, 0.3) is 0 Å². The quantitative estimate of drug-likeness (QED) is 0.899. The summed E-state index contributed by atoms with van der Waals surface area (Å²) in [5.41, 5.74) is 0.953. The van der Waals surface area contributed by atoms with E-state index in [9.17, 15) is 8.42 Å².